The van der Waals surface area contributed by atoms with E-state index in [0.29, 0.717) is 17.3 Å². The maximum absolute atomic E-state index is 12.0. The maximum atomic E-state index is 12.0. The van der Waals surface area contributed by atoms with Gasteiger partial charge in [-0.1, -0.05) is 11.6 Å². The van der Waals surface area contributed by atoms with Crippen LogP contribution in [0.3, 0.4) is 0 Å². The van der Waals surface area contributed by atoms with E-state index in [2.05, 4.69) is 10.0 Å². The zero-order chi connectivity index (χ0) is 12.6. The van der Waals surface area contributed by atoms with Gasteiger partial charge in [-0.3, -0.25) is 0 Å². The summed E-state index contributed by atoms with van der Waals surface area (Å²) in [7, 11) is 0.282. The molecule has 0 spiro atoms. The Labute approximate surface area is 106 Å². The number of rotatable bonds is 2. The smallest absolute Gasteiger partial charge is 0.244 e. The minimum atomic E-state index is -3.48. The molecule has 2 rings (SSSR count). The van der Waals surface area contributed by atoms with Gasteiger partial charge in [0.1, 0.15) is 11.1 Å². The number of nitrogens with one attached hydrogen (secondary N) is 2. The van der Waals surface area contributed by atoms with Crippen LogP contribution in [0.1, 0.15) is 0 Å². The third kappa shape index (κ3) is 2.71. The molecule has 0 bridgehead atoms. The molecule has 1 unspecified atom stereocenters. The van der Waals surface area contributed by atoms with Gasteiger partial charge in [-0.25, -0.2) is 8.42 Å². The van der Waals surface area contributed by atoms with Gasteiger partial charge in [0.2, 0.25) is 10.0 Å². The second-order valence-corrected chi connectivity index (χ2v) is 6.34. The highest BCUT2D eigenvalue weighted by molar-refractivity contribution is 7.89. The summed E-state index contributed by atoms with van der Waals surface area (Å²) in [4.78, 5) is 2.10. The highest BCUT2D eigenvalue weighted by atomic mass is 35.5. The summed E-state index contributed by atoms with van der Waals surface area (Å²) in [5.74, 6) is 0. The molecule has 2 N–H and O–H groups in total. The molecule has 0 saturated carbocycles. The van der Waals surface area contributed by atoms with Gasteiger partial charge >= 0.3 is 0 Å². The van der Waals surface area contributed by atoms with Crippen LogP contribution in [0.15, 0.2) is 23.1 Å². The number of sulfonamides is 1. The molecule has 1 atom stereocenters. The average Bonchev–Trinajstić information content (AvgIpc) is 2.17. The Bertz CT molecular complexity index is 530. The van der Waals surface area contributed by atoms with Crippen molar-refractivity contribution < 1.29 is 8.42 Å². The fraction of sp³-hybridized carbons (Fsp3) is 0.400. The van der Waals surface area contributed by atoms with Crippen LogP contribution in [0.2, 0.25) is 5.02 Å². The maximum Gasteiger partial charge on any atom is 0.244 e. The summed E-state index contributed by atoms with van der Waals surface area (Å²) in [5.41, 5.74) is 0.583. The number of halogens is 1. The first-order valence-electron chi connectivity index (χ1n) is 5.11. The molecule has 1 aromatic carbocycles. The third-order valence-electron chi connectivity index (χ3n) is 2.41. The highest BCUT2D eigenvalue weighted by Gasteiger charge is 2.29. The van der Waals surface area contributed by atoms with E-state index < -0.39 is 10.0 Å². The average molecular weight is 276 g/mol. The minimum absolute atomic E-state index is 0.194. The Kier molecular flexibility index (Phi) is 3.31. The molecule has 1 aliphatic rings. The second kappa shape index (κ2) is 4.45. The van der Waals surface area contributed by atoms with E-state index in [-0.39, 0.29) is 11.1 Å². The normalized spacial score (nSPS) is 22.0. The molecular weight excluding hydrogens is 262 g/mol. The van der Waals surface area contributed by atoms with Crippen molar-refractivity contribution in [2.75, 3.05) is 26.0 Å². The zero-order valence-electron chi connectivity index (χ0n) is 9.57. The van der Waals surface area contributed by atoms with Crippen LogP contribution in [-0.2, 0) is 10.0 Å². The Morgan fingerprint density at radius 2 is 2.12 bits per heavy atom. The molecule has 0 fully saturated rings. The molecule has 0 amide bonds. The molecule has 94 valence electrons. The second-order valence-electron chi connectivity index (χ2n) is 4.22. The number of benzene rings is 1. The molecule has 1 aromatic rings. The van der Waals surface area contributed by atoms with Crippen LogP contribution < -0.4 is 10.0 Å². The molecule has 7 heteroatoms. The molecule has 0 radical (unpaired) electrons. The fourth-order valence-electron chi connectivity index (χ4n) is 1.75. The number of likely N-dealkylation sites (N-methyl/N-ethyl adjacent to an activating group) is 1. The van der Waals surface area contributed by atoms with Gasteiger partial charge in [-0.2, -0.15) is 4.72 Å². The van der Waals surface area contributed by atoms with E-state index in [9.17, 15) is 8.42 Å². The van der Waals surface area contributed by atoms with E-state index >= 15 is 0 Å². The summed E-state index contributed by atoms with van der Waals surface area (Å²) in [6.45, 7) is 0.571. The lowest BCUT2D eigenvalue weighted by molar-refractivity contribution is 0.372. The molecule has 1 heterocycles. The fourth-order valence-corrected chi connectivity index (χ4v) is 3.32. The Hall–Kier alpha value is -0.820. The quantitative estimate of drug-likeness (QED) is 0.843. The molecule has 17 heavy (non-hydrogen) atoms. The molecule has 0 aromatic heterocycles. The van der Waals surface area contributed by atoms with Crippen molar-refractivity contribution in [1.29, 1.82) is 0 Å². The van der Waals surface area contributed by atoms with Crippen molar-refractivity contribution in [3.63, 3.8) is 0 Å². The summed E-state index contributed by atoms with van der Waals surface area (Å²) in [6, 6.07) is 4.79. The van der Waals surface area contributed by atoms with Gasteiger partial charge in [0.05, 0.1) is 5.69 Å². The molecule has 1 aliphatic heterocycles. The van der Waals surface area contributed by atoms with Crippen molar-refractivity contribution in [1.82, 2.24) is 9.62 Å². The number of hydrogen-bond donors (Lipinski definition) is 2. The Morgan fingerprint density at radius 1 is 1.41 bits per heavy atom. The number of anilines is 1. The Balaban J connectivity index is 2.38. The van der Waals surface area contributed by atoms with Crippen molar-refractivity contribution in [2.45, 2.75) is 11.1 Å². The standard InChI is InChI=1S/C10H14ClN3O2S/c1-14(2)6-10-12-8-4-3-7(11)5-9(8)17(15,16)13-10/h3-5,10,12-13H,6H2,1-2H3. The van der Waals surface area contributed by atoms with Crippen LogP contribution in [0.5, 0.6) is 0 Å². The lowest BCUT2D eigenvalue weighted by atomic mass is 10.3. The predicted octanol–water partition coefficient (Wildman–Crippen LogP) is 0.931. The van der Waals surface area contributed by atoms with Crippen molar-refractivity contribution >= 4 is 27.3 Å². The van der Waals surface area contributed by atoms with Crippen LogP contribution in [-0.4, -0.2) is 40.1 Å². The van der Waals surface area contributed by atoms with E-state index in [1.165, 1.54) is 6.07 Å². The van der Waals surface area contributed by atoms with Gasteiger partial charge < -0.3 is 10.2 Å². The van der Waals surface area contributed by atoms with E-state index in [0.717, 1.165) is 0 Å². The van der Waals surface area contributed by atoms with Gasteiger partial charge in [0.15, 0.2) is 0 Å². The van der Waals surface area contributed by atoms with Crippen molar-refractivity contribution in [3.8, 4) is 0 Å². The van der Waals surface area contributed by atoms with E-state index in [4.69, 9.17) is 11.6 Å². The lowest BCUT2D eigenvalue weighted by Gasteiger charge is -2.29. The number of nitrogens with zero attached hydrogens (tertiary/aromatic N) is 1. The Morgan fingerprint density at radius 3 is 2.76 bits per heavy atom. The van der Waals surface area contributed by atoms with Gasteiger partial charge in [0, 0.05) is 11.6 Å². The molecule has 5 nitrogen and oxygen atoms in total. The van der Waals surface area contributed by atoms with Gasteiger partial charge in [-0.05, 0) is 32.3 Å². The topological polar surface area (TPSA) is 61.4 Å². The first kappa shape index (κ1) is 12.6. The SMILES string of the molecule is CN(C)CC1Nc2ccc(Cl)cc2S(=O)(=O)N1. The number of fused-ring (bicyclic) bond motifs is 1. The first-order chi connectivity index (χ1) is 7.88. The largest absolute Gasteiger partial charge is 0.367 e. The molecule has 0 aliphatic carbocycles. The van der Waals surface area contributed by atoms with Crippen LogP contribution >= 0.6 is 11.6 Å². The van der Waals surface area contributed by atoms with Crippen molar-refractivity contribution in [3.05, 3.63) is 23.2 Å². The number of hydrogen-bond acceptors (Lipinski definition) is 4. The lowest BCUT2D eigenvalue weighted by Crippen LogP contribution is -2.49. The van der Waals surface area contributed by atoms with E-state index in [1.54, 1.807) is 12.1 Å². The zero-order valence-corrected chi connectivity index (χ0v) is 11.1. The minimum Gasteiger partial charge on any atom is -0.367 e. The van der Waals surface area contributed by atoms with Gasteiger partial charge in [-0.15, -0.1) is 0 Å². The summed E-state index contributed by atoms with van der Waals surface area (Å²) < 4.78 is 26.5. The first-order valence-corrected chi connectivity index (χ1v) is 6.98. The monoisotopic (exact) mass is 275 g/mol. The summed E-state index contributed by atoms with van der Waals surface area (Å²) in [6.07, 6.45) is -0.330. The van der Waals surface area contributed by atoms with E-state index in [1.807, 2.05) is 19.0 Å². The molecule has 0 saturated heterocycles. The predicted molar refractivity (Wildman–Crippen MR) is 67.7 cm³/mol. The van der Waals surface area contributed by atoms with Crippen LogP contribution in [0, 0.1) is 0 Å². The summed E-state index contributed by atoms with van der Waals surface area (Å²) in [5, 5.41) is 3.53. The van der Waals surface area contributed by atoms with Crippen LogP contribution in [0.4, 0.5) is 5.69 Å². The van der Waals surface area contributed by atoms with Gasteiger partial charge in [0.25, 0.3) is 0 Å². The third-order valence-corrected chi connectivity index (χ3v) is 4.15. The van der Waals surface area contributed by atoms with Crippen molar-refractivity contribution in [2.24, 2.45) is 0 Å². The highest BCUT2D eigenvalue weighted by Crippen LogP contribution is 2.28. The van der Waals surface area contributed by atoms with Crippen LogP contribution in [0.25, 0.3) is 0 Å². The summed E-state index contributed by atoms with van der Waals surface area (Å²) >= 11 is 5.80. The molecular formula is C10H14ClN3O2S.